The Morgan fingerprint density at radius 2 is 1.15 bits per heavy atom. The summed E-state index contributed by atoms with van der Waals surface area (Å²) in [7, 11) is 0. The molecular formula is C35H55BrN2O2. The van der Waals surface area contributed by atoms with E-state index in [1.807, 2.05) is 18.2 Å². The van der Waals surface area contributed by atoms with Gasteiger partial charge in [0.25, 0.3) is 0 Å². The van der Waals surface area contributed by atoms with Crippen LogP contribution in [0.15, 0.2) is 60.7 Å². The molecule has 2 fully saturated rings. The Bertz CT molecular complexity index is 833. The van der Waals surface area contributed by atoms with Gasteiger partial charge in [-0.15, -0.1) is 0 Å². The fraction of sp³-hybridized carbons (Fsp3) is 0.629. The molecule has 2 saturated carbocycles. The molecule has 0 bridgehead atoms. The highest BCUT2D eigenvalue weighted by Crippen LogP contribution is 2.17. The number of amides is 1. The van der Waals surface area contributed by atoms with Gasteiger partial charge in [-0.1, -0.05) is 141 Å². The van der Waals surface area contributed by atoms with Gasteiger partial charge in [-0.2, -0.15) is 0 Å². The lowest BCUT2D eigenvalue weighted by molar-refractivity contribution is 0.139. The zero-order valence-corrected chi connectivity index (χ0v) is 26.4. The number of hydrogen-bond acceptors (Lipinski definition) is 3. The van der Waals surface area contributed by atoms with Gasteiger partial charge >= 0.3 is 6.09 Å². The highest BCUT2D eigenvalue weighted by Gasteiger charge is 2.14. The van der Waals surface area contributed by atoms with Gasteiger partial charge in [0.2, 0.25) is 0 Å². The second-order valence-corrected chi connectivity index (χ2v) is 12.1. The van der Waals surface area contributed by atoms with Gasteiger partial charge in [-0.25, -0.2) is 4.79 Å². The van der Waals surface area contributed by atoms with Crippen molar-refractivity contribution in [3.8, 4) is 0 Å². The van der Waals surface area contributed by atoms with Crippen LogP contribution in [-0.4, -0.2) is 30.1 Å². The fourth-order valence-electron chi connectivity index (χ4n) is 5.30. The molecule has 2 aliphatic carbocycles. The molecule has 3 N–H and O–H groups in total. The third-order valence-corrected chi connectivity index (χ3v) is 8.27. The predicted octanol–water partition coefficient (Wildman–Crippen LogP) is 9.53. The van der Waals surface area contributed by atoms with Crippen molar-refractivity contribution in [2.24, 2.45) is 5.73 Å². The van der Waals surface area contributed by atoms with Gasteiger partial charge < -0.3 is 15.8 Å². The molecule has 2 aromatic carbocycles. The van der Waals surface area contributed by atoms with Crippen molar-refractivity contribution in [2.75, 3.05) is 11.9 Å². The van der Waals surface area contributed by atoms with Gasteiger partial charge in [0.1, 0.15) is 0 Å². The highest BCUT2D eigenvalue weighted by atomic mass is 79.9. The average Bonchev–Trinajstić information content (AvgIpc) is 2.95. The van der Waals surface area contributed by atoms with E-state index in [0.29, 0.717) is 18.7 Å². The zero-order chi connectivity index (χ0) is 28.5. The van der Waals surface area contributed by atoms with E-state index in [-0.39, 0.29) is 6.09 Å². The summed E-state index contributed by atoms with van der Waals surface area (Å²) in [6.07, 6.45) is 22.1. The Morgan fingerprint density at radius 1 is 0.700 bits per heavy atom. The number of ether oxygens (including phenoxy) is 1. The maximum absolute atomic E-state index is 11.8. The molecule has 0 saturated heterocycles. The zero-order valence-electron chi connectivity index (χ0n) is 24.8. The van der Waals surface area contributed by atoms with Gasteiger partial charge in [0, 0.05) is 17.4 Å². The molecule has 1 amide bonds. The van der Waals surface area contributed by atoms with Crippen LogP contribution in [0.4, 0.5) is 4.79 Å². The Balaban J connectivity index is 0.000000243. The van der Waals surface area contributed by atoms with Crippen LogP contribution in [0.2, 0.25) is 0 Å². The van der Waals surface area contributed by atoms with E-state index in [1.54, 1.807) is 0 Å². The normalized spacial score (nSPS) is 16.9. The average molecular weight is 616 g/mol. The summed E-state index contributed by atoms with van der Waals surface area (Å²) < 4.78 is 5.29. The molecule has 0 spiro atoms. The molecule has 0 aliphatic heterocycles. The molecule has 0 heterocycles. The fourth-order valence-corrected chi connectivity index (χ4v) is 5.58. The monoisotopic (exact) mass is 614 g/mol. The van der Waals surface area contributed by atoms with Crippen LogP contribution >= 0.6 is 15.9 Å². The molecular weight excluding hydrogens is 560 g/mol. The maximum Gasteiger partial charge on any atom is 0.407 e. The molecule has 4 rings (SSSR count). The van der Waals surface area contributed by atoms with Crippen molar-refractivity contribution < 1.29 is 9.53 Å². The number of benzene rings is 2. The molecule has 0 unspecified atom stereocenters. The minimum absolute atomic E-state index is 0.242. The number of alkyl carbamates (subject to hydrolysis) is 1. The van der Waals surface area contributed by atoms with Crippen LogP contribution in [-0.2, 0) is 17.6 Å². The second-order valence-electron chi connectivity index (χ2n) is 11.3. The van der Waals surface area contributed by atoms with Gasteiger partial charge in [0.15, 0.2) is 0 Å². The lowest BCUT2D eigenvalue weighted by Gasteiger charge is -2.20. The minimum Gasteiger partial charge on any atom is -0.450 e. The Morgan fingerprint density at radius 3 is 1.65 bits per heavy atom. The third-order valence-electron chi connectivity index (χ3n) is 7.70. The van der Waals surface area contributed by atoms with E-state index in [2.05, 4.69) is 63.7 Å². The number of aryl methyl sites for hydroxylation is 2. The van der Waals surface area contributed by atoms with E-state index in [9.17, 15) is 4.79 Å². The lowest BCUT2D eigenvalue weighted by Crippen LogP contribution is -2.35. The van der Waals surface area contributed by atoms with Crippen LogP contribution in [0.3, 0.4) is 0 Å². The van der Waals surface area contributed by atoms with E-state index in [0.717, 1.165) is 31.0 Å². The summed E-state index contributed by atoms with van der Waals surface area (Å²) in [6.45, 7) is 0.493. The first kappa shape index (κ1) is 34.4. The summed E-state index contributed by atoms with van der Waals surface area (Å²) in [5.74, 6) is 0. The molecule has 0 aromatic heterocycles. The van der Waals surface area contributed by atoms with Crippen LogP contribution in [0.1, 0.15) is 114 Å². The van der Waals surface area contributed by atoms with Gasteiger partial charge in [-0.3, -0.25) is 0 Å². The molecule has 4 nitrogen and oxygen atoms in total. The van der Waals surface area contributed by atoms with Gasteiger partial charge in [-0.05, 0) is 62.5 Å². The SMILES string of the molecule is BrCCCc1ccccc1.NC1CCCCCCC1.O=C(NC1CCCCCCC1)OCCCc1ccccc1. The Hall–Kier alpha value is -1.85. The number of carbonyl (C=O) groups is 1. The molecule has 2 aliphatic rings. The van der Waals surface area contributed by atoms with Gasteiger partial charge in [0.05, 0.1) is 6.61 Å². The highest BCUT2D eigenvalue weighted by molar-refractivity contribution is 9.09. The van der Waals surface area contributed by atoms with Crippen molar-refractivity contribution in [1.29, 1.82) is 0 Å². The number of carbonyl (C=O) groups excluding carboxylic acids is 1. The number of halogens is 1. The molecule has 2 aromatic rings. The van der Waals surface area contributed by atoms with Crippen LogP contribution < -0.4 is 11.1 Å². The van der Waals surface area contributed by atoms with Crippen LogP contribution in [0.25, 0.3) is 0 Å². The van der Waals surface area contributed by atoms with Crippen molar-refractivity contribution >= 4 is 22.0 Å². The summed E-state index contributed by atoms with van der Waals surface area (Å²) >= 11 is 3.41. The molecule has 0 radical (unpaired) electrons. The van der Waals surface area contributed by atoms with Crippen molar-refractivity contribution in [1.82, 2.24) is 5.32 Å². The van der Waals surface area contributed by atoms with E-state index in [4.69, 9.17) is 10.5 Å². The summed E-state index contributed by atoms with van der Waals surface area (Å²) in [4.78, 5) is 11.8. The first-order chi connectivity index (χ1) is 19.7. The van der Waals surface area contributed by atoms with E-state index < -0.39 is 0 Å². The largest absolute Gasteiger partial charge is 0.450 e. The smallest absolute Gasteiger partial charge is 0.407 e. The predicted molar refractivity (Wildman–Crippen MR) is 174 cm³/mol. The van der Waals surface area contributed by atoms with Crippen molar-refractivity contribution in [3.05, 3.63) is 71.8 Å². The Labute approximate surface area is 253 Å². The number of hydrogen-bond donors (Lipinski definition) is 2. The van der Waals surface area contributed by atoms with E-state index in [1.165, 1.54) is 101 Å². The molecule has 40 heavy (non-hydrogen) atoms. The number of alkyl halides is 1. The van der Waals surface area contributed by atoms with Crippen LogP contribution in [0, 0.1) is 0 Å². The molecule has 0 atom stereocenters. The maximum atomic E-state index is 11.8. The topological polar surface area (TPSA) is 64.4 Å². The van der Waals surface area contributed by atoms with Crippen molar-refractivity contribution in [3.63, 3.8) is 0 Å². The third kappa shape index (κ3) is 18.5. The number of rotatable bonds is 8. The summed E-state index contributed by atoms with van der Waals surface area (Å²) in [5, 5.41) is 4.12. The summed E-state index contributed by atoms with van der Waals surface area (Å²) in [6, 6.07) is 21.7. The number of nitrogens with one attached hydrogen (secondary N) is 1. The lowest BCUT2D eigenvalue weighted by atomic mass is 9.97. The van der Waals surface area contributed by atoms with E-state index >= 15 is 0 Å². The molecule has 5 heteroatoms. The minimum atomic E-state index is -0.242. The summed E-state index contributed by atoms with van der Waals surface area (Å²) in [5.41, 5.74) is 8.53. The van der Waals surface area contributed by atoms with Crippen molar-refractivity contribution in [2.45, 2.75) is 128 Å². The first-order valence-corrected chi connectivity index (χ1v) is 17.1. The Kier molecular flexibility index (Phi) is 20.5. The second kappa shape index (κ2) is 23.8. The van der Waals surface area contributed by atoms with Crippen LogP contribution in [0.5, 0.6) is 0 Å². The number of nitrogens with two attached hydrogens (primary N) is 1. The standard InChI is InChI=1S/C18H27NO2.C9H11Br.C8H17N/c20-18(19-17-13-7-2-1-3-8-14-17)21-15-9-12-16-10-5-4-6-11-16;10-8-4-7-9-5-2-1-3-6-9;9-8-6-4-2-1-3-5-7-8/h4-6,10-11,17H,1-3,7-9,12-15H2,(H,19,20);1-3,5-6H,4,7-8H2;8H,1-7,9H2. The first-order valence-electron chi connectivity index (χ1n) is 16.0. The molecule has 224 valence electrons. The quantitative estimate of drug-likeness (QED) is 0.230.